The number of hydrogen-bond acceptors (Lipinski definition) is 4. The Morgan fingerprint density at radius 2 is 2.00 bits per heavy atom. The third-order valence-electron chi connectivity index (χ3n) is 4.65. The predicted octanol–water partition coefficient (Wildman–Crippen LogP) is 2.21. The second-order valence-electron chi connectivity index (χ2n) is 5.75. The van der Waals surface area contributed by atoms with E-state index in [4.69, 9.17) is 4.74 Å². The van der Waals surface area contributed by atoms with E-state index in [0.29, 0.717) is 37.3 Å². The maximum atomic E-state index is 12.9. The van der Waals surface area contributed by atoms with Crippen molar-refractivity contribution in [3.05, 3.63) is 29.3 Å². The number of carbonyl (C=O) groups excluding carboxylic acids is 1. The average Bonchev–Trinajstić information content (AvgIpc) is 2.73. The molecule has 2 heterocycles. The summed E-state index contributed by atoms with van der Waals surface area (Å²) in [5.74, 6) is -1.09. The predicted molar refractivity (Wildman–Crippen MR) is 81.2 cm³/mol. The summed E-state index contributed by atoms with van der Waals surface area (Å²) in [6.07, 6.45) is 1.24. The molecule has 3 rings (SSSR count). The largest absolute Gasteiger partial charge is 0.478 e. The Kier molecular flexibility index (Phi) is 3.48. The molecular weight excluding hydrogens is 284 g/mol. The molecule has 0 aromatic heterocycles. The Hall–Kier alpha value is -2.21. The van der Waals surface area contributed by atoms with Gasteiger partial charge in [-0.25, -0.2) is 4.79 Å². The number of hydrogen-bond donors (Lipinski definition) is 1. The zero-order valence-corrected chi connectivity index (χ0v) is 12.6. The van der Waals surface area contributed by atoms with E-state index in [-0.39, 0.29) is 11.5 Å². The molecule has 1 aromatic carbocycles. The molecule has 0 aliphatic carbocycles. The van der Waals surface area contributed by atoms with Gasteiger partial charge in [-0.05, 0) is 44.4 Å². The van der Waals surface area contributed by atoms with E-state index in [1.165, 1.54) is 11.1 Å². The van der Waals surface area contributed by atoms with Gasteiger partial charge in [0.15, 0.2) is 0 Å². The molecule has 0 saturated carbocycles. The van der Waals surface area contributed by atoms with Crippen LogP contribution in [0.1, 0.15) is 35.7 Å². The Balaban J connectivity index is 2.03. The van der Waals surface area contributed by atoms with Crippen LogP contribution in [-0.4, -0.2) is 35.9 Å². The molecule has 0 bridgehead atoms. The highest BCUT2D eigenvalue weighted by atomic mass is 16.5. The van der Waals surface area contributed by atoms with Gasteiger partial charge in [-0.15, -0.1) is 0 Å². The zero-order valence-electron chi connectivity index (χ0n) is 12.6. The van der Waals surface area contributed by atoms with Crippen LogP contribution in [0.3, 0.4) is 0 Å². The molecule has 1 saturated heterocycles. The molecule has 6 heteroatoms. The summed E-state index contributed by atoms with van der Waals surface area (Å²) in [7, 11) is 0. The molecular formula is C16H18N2O4. The lowest BCUT2D eigenvalue weighted by molar-refractivity contribution is -0.127. The summed E-state index contributed by atoms with van der Waals surface area (Å²) in [6, 6.07) is 4.90. The number of benzene rings is 1. The number of rotatable bonds is 2. The number of aromatic carboxylic acids is 1. The summed E-state index contributed by atoms with van der Waals surface area (Å²) in [5, 5.41) is 15.0. The van der Waals surface area contributed by atoms with Crippen molar-refractivity contribution in [3.8, 4) is 0 Å². The van der Waals surface area contributed by atoms with E-state index in [9.17, 15) is 14.7 Å². The molecule has 1 N–H and O–H groups in total. The van der Waals surface area contributed by atoms with Crippen LogP contribution >= 0.6 is 0 Å². The molecule has 1 amide bonds. The molecule has 0 radical (unpaired) electrons. The molecule has 0 unspecified atom stereocenters. The Morgan fingerprint density at radius 1 is 1.32 bits per heavy atom. The minimum absolute atomic E-state index is 0.0843. The first-order chi connectivity index (χ1) is 10.5. The van der Waals surface area contributed by atoms with E-state index in [2.05, 4.69) is 5.10 Å². The number of amides is 1. The number of ether oxygens (including phenoxy) is 1. The first-order valence-electron chi connectivity index (χ1n) is 7.28. The monoisotopic (exact) mass is 302 g/mol. The second-order valence-corrected chi connectivity index (χ2v) is 5.75. The highest BCUT2D eigenvalue weighted by Crippen LogP contribution is 2.41. The fourth-order valence-corrected chi connectivity index (χ4v) is 3.19. The maximum absolute atomic E-state index is 12.9. The fourth-order valence-electron chi connectivity index (χ4n) is 3.19. The van der Waals surface area contributed by atoms with E-state index >= 15 is 0 Å². The lowest BCUT2D eigenvalue weighted by atomic mass is 9.76. The van der Waals surface area contributed by atoms with E-state index < -0.39 is 11.4 Å². The summed E-state index contributed by atoms with van der Waals surface area (Å²) in [4.78, 5) is 24.2. The average molecular weight is 302 g/mol. The number of carbonyl (C=O) groups is 2. The van der Waals surface area contributed by atoms with E-state index in [1.54, 1.807) is 19.1 Å². The Bertz CT molecular complexity index is 675. The first-order valence-corrected chi connectivity index (χ1v) is 7.28. The van der Waals surface area contributed by atoms with Crippen molar-refractivity contribution in [1.82, 2.24) is 0 Å². The van der Waals surface area contributed by atoms with Crippen molar-refractivity contribution in [1.29, 1.82) is 0 Å². The third kappa shape index (κ3) is 2.02. The van der Waals surface area contributed by atoms with Crippen LogP contribution in [0.15, 0.2) is 23.3 Å². The first kappa shape index (κ1) is 14.7. The standard InChI is InChI=1S/C16H18N2O4/c1-10-12(14(19)20)4-3-5-13(10)18-15(21)16(11(2)17-18)6-8-22-9-7-16/h3-5H,6-9H2,1-2H3,(H,19,20). The third-order valence-corrected chi connectivity index (χ3v) is 4.65. The van der Waals surface area contributed by atoms with Crippen LogP contribution in [0.4, 0.5) is 5.69 Å². The molecule has 22 heavy (non-hydrogen) atoms. The van der Waals surface area contributed by atoms with Crippen LogP contribution in [-0.2, 0) is 9.53 Å². The minimum atomic E-state index is -1.01. The Morgan fingerprint density at radius 3 is 2.64 bits per heavy atom. The number of anilines is 1. The summed E-state index contributed by atoms with van der Waals surface area (Å²) in [5.41, 5.74) is 1.45. The van der Waals surface area contributed by atoms with Gasteiger partial charge in [0.05, 0.1) is 22.4 Å². The zero-order chi connectivity index (χ0) is 15.9. The van der Waals surface area contributed by atoms with Crippen molar-refractivity contribution in [2.24, 2.45) is 10.5 Å². The Labute approximate surface area is 128 Å². The summed E-state index contributed by atoms with van der Waals surface area (Å²) >= 11 is 0. The van der Waals surface area contributed by atoms with Crippen molar-refractivity contribution in [2.45, 2.75) is 26.7 Å². The smallest absolute Gasteiger partial charge is 0.336 e. The minimum Gasteiger partial charge on any atom is -0.478 e. The molecule has 1 spiro atoms. The molecule has 1 aromatic rings. The van der Waals surface area contributed by atoms with Crippen LogP contribution in [0.25, 0.3) is 0 Å². The van der Waals surface area contributed by atoms with Crippen LogP contribution in [0.5, 0.6) is 0 Å². The van der Waals surface area contributed by atoms with Gasteiger partial charge in [-0.1, -0.05) is 6.07 Å². The summed E-state index contributed by atoms with van der Waals surface area (Å²) < 4.78 is 5.36. The van der Waals surface area contributed by atoms with Crippen molar-refractivity contribution < 1.29 is 19.4 Å². The van der Waals surface area contributed by atoms with Crippen molar-refractivity contribution in [3.63, 3.8) is 0 Å². The lowest BCUT2D eigenvalue weighted by Crippen LogP contribution is -2.43. The molecule has 6 nitrogen and oxygen atoms in total. The van der Waals surface area contributed by atoms with Gasteiger partial charge in [-0.2, -0.15) is 10.1 Å². The molecule has 116 valence electrons. The number of hydrazone groups is 1. The number of nitrogens with zero attached hydrogens (tertiary/aromatic N) is 2. The van der Waals surface area contributed by atoms with E-state index in [1.807, 2.05) is 6.92 Å². The number of carboxylic acid groups (broad SMARTS) is 1. The van der Waals surface area contributed by atoms with Gasteiger partial charge in [0, 0.05) is 13.2 Å². The molecule has 2 aliphatic rings. The second kappa shape index (κ2) is 5.21. The van der Waals surface area contributed by atoms with Crippen molar-refractivity contribution >= 4 is 23.3 Å². The molecule has 0 atom stereocenters. The SMILES string of the molecule is CC1=NN(c2cccc(C(=O)O)c2C)C(=O)C12CCOCC2. The van der Waals surface area contributed by atoms with Gasteiger partial charge in [0.1, 0.15) is 0 Å². The maximum Gasteiger partial charge on any atom is 0.336 e. The highest BCUT2D eigenvalue weighted by molar-refractivity contribution is 6.19. The fraction of sp³-hybridized carbons (Fsp3) is 0.438. The molecule has 1 fully saturated rings. The van der Waals surface area contributed by atoms with Gasteiger partial charge in [0.2, 0.25) is 0 Å². The van der Waals surface area contributed by atoms with Crippen LogP contribution < -0.4 is 5.01 Å². The van der Waals surface area contributed by atoms with Gasteiger partial charge in [0.25, 0.3) is 5.91 Å². The van der Waals surface area contributed by atoms with E-state index in [0.717, 1.165) is 5.71 Å². The quantitative estimate of drug-likeness (QED) is 0.908. The summed E-state index contributed by atoms with van der Waals surface area (Å²) in [6.45, 7) is 4.65. The normalized spacial score (nSPS) is 20.4. The van der Waals surface area contributed by atoms with Gasteiger partial charge >= 0.3 is 5.97 Å². The van der Waals surface area contributed by atoms with Crippen molar-refractivity contribution in [2.75, 3.05) is 18.2 Å². The molecule has 2 aliphatic heterocycles. The van der Waals surface area contributed by atoms with Crippen LogP contribution in [0.2, 0.25) is 0 Å². The van der Waals surface area contributed by atoms with Gasteiger partial charge < -0.3 is 9.84 Å². The highest BCUT2D eigenvalue weighted by Gasteiger charge is 2.50. The topological polar surface area (TPSA) is 79.2 Å². The van der Waals surface area contributed by atoms with Gasteiger partial charge in [-0.3, -0.25) is 4.79 Å². The van der Waals surface area contributed by atoms with Crippen LogP contribution in [0, 0.1) is 12.3 Å². The number of carboxylic acids is 1. The lowest BCUT2D eigenvalue weighted by Gasteiger charge is -2.31.